The Balaban J connectivity index is 2.13. The minimum atomic E-state index is -2.88. The molecule has 1 aromatic rings. The lowest BCUT2D eigenvalue weighted by molar-refractivity contribution is 0.602. The summed E-state index contributed by atoms with van der Waals surface area (Å²) >= 11 is 9.19. The second-order valence-corrected chi connectivity index (χ2v) is 7.24. The Hall–Kier alpha value is -0.330. The van der Waals surface area contributed by atoms with Crippen LogP contribution in [0.15, 0.2) is 16.7 Å². The van der Waals surface area contributed by atoms with E-state index in [2.05, 4.69) is 26.2 Å². The molecule has 0 amide bonds. The molecule has 1 N–H and O–H groups in total. The summed E-state index contributed by atoms with van der Waals surface area (Å²) in [6.45, 7) is 0. The molecule has 4 nitrogen and oxygen atoms in total. The Kier molecular flexibility index (Phi) is 3.42. The summed E-state index contributed by atoms with van der Waals surface area (Å²) in [5.74, 6) is 0.402. The van der Waals surface area contributed by atoms with E-state index in [-0.39, 0.29) is 17.5 Å². The van der Waals surface area contributed by atoms with Crippen LogP contribution in [-0.2, 0) is 9.84 Å². The number of hydrogen-bond acceptors (Lipinski definition) is 4. The fourth-order valence-corrected chi connectivity index (χ4v) is 3.82. The van der Waals surface area contributed by atoms with E-state index < -0.39 is 9.84 Å². The van der Waals surface area contributed by atoms with Crippen LogP contribution in [0.2, 0.25) is 5.15 Å². The van der Waals surface area contributed by atoms with Gasteiger partial charge in [0.25, 0.3) is 0 Å². The van der Waals surface area contributed by atoms with Crippen LogP contribution < -0.4 is 5.32 Å². The molecular formula is C9H10BrClN2O2S. The van der Waals surface area contributed by atoms with Crippen LogP contribution in [0.25, 0.3) is 0 Å². The topological polar surface area (TPSA) is 59.1 Å². The maximum atomic E-state index is 11.3. The van der Waals surface area contributed by atoms with Crippen LogP contribution in [0, 0.1) is 0 Å². The number of hydrogen-bond donors (Lipinski definition) is 1. The number of rotatable bonds is 2. The Morgan fingerprint density at radius 3 is 2.94 bits per heavy atom. The van der Waals surface area contributed by atoms with Crippen molar-refractivity contribution in [1.29, 1.82) is 0 Å². The first kappa shape index (κ1) is 12.1. The molecule has 0 radical (unpaired) electrons. The van der Waals surface area contributed by atoms with Crippen LogP contribution in [-0.4, -0.2) is 30.9 Å². The minimum absolute atomic E-state index is 0.0707. The van der Waals surface area contributed by atoms with Crippen molar-refractivity contribution in [2.24, 2.45) is 0 Å². The zero-order valence-electron chi connectivity index (χ0n) is 8.28. The van der Waals surface area contributed by atoms with E-state index in [1.807, 2.05) is 0 Å². The summed E-state index contributed by atoms with van der Waals surface area (Å²) in [5.41, 5.74) is 0.665. The number of halogens is 2. The Bertz CT molecular complexity index is 506. The molecule has 1 saturated heterocycles. The first-order valence-corrected chi connectivity index (χ1v) is 7.73. The minimum Gasteiger partial charge on any atom is -0.379 e. The first-order chi connectivity index (χ1) is 7.46. The molecular weight excluding hydrogens is 316 g/mol. The molecule has 16 heavy (non-hydrogen) atoms. The van der Waals surface area contributed by atoms with Crippen LogP contribution in [0.1, 0.15) is 6.42 Å². The van der Waals surface area contributed by atoms with Gasteiger partial charge in [0.05, 0.1) is 17.2 Å². The van der Waals surface area contributed by atoms with Crippen molar-refractivity contribution in [2.45, 2.75) is 12.5 Å². The highest BCUT2D eigenvalue weighted by Crippen LogP contribution is 2.25. The third-order valence-corrected chi connectivity index (χ3v) is 4.90. The molecule has 1 aliphatic heterocycles. The molecule has 2 heterocycles. The number of aromatic nitrogens is 1. The molecule has 0 aromatic carbocycles. The maximum absolute atomic E-state index is 11.3. The number of sulfone groups is 1. The van der Waals surface area contributed by atoms with Crippen molar-refractivity contribution in [3.63, 3.8) is 0 Å². The van der Waals surface area contributed by atoms with E-state index in [9.17, 15) is 8.42 Å². The van der Waals surface area contributed by atoms with Crippen molar-refractivity contribution >= 4 is 43.1 Å². The summed E-state index contributed by atoms with van der Waals surface area (Å²) in [6.07, 6.45) is 2.21. The quantitative estimate of drug-likeness (QED) is 0.846. The van der Waals surface area contributed by atoms with Gasteiger partial charge in [0, 0.05) is 16.7 Å². The number of nitrogens with one attached hydrogen (secondary N) is 1. The highest BCUT2D eigenvalue weighted by molar-refractivity contribution is 9.10. The summed E-state index contributed by atoms with van der Waals surface area (Å²) in [4.78, 5) is 3.96. The molecule has 1 unspecified atom stereocenters. The van der Waals surface area contributed by atoms with Gasteiger partial charge in [-0.25, -0.2) is 13.4 Å². The second-order valence-electron chi connectivity index (χ2n) is 3.74. The molecule has 1 atom stereocenters. The lowest BCUT2D eigenvalue weighted by Crippen LogP contribution is -2.20. The number of nitrogens with zero attached hydrogens (tertiary/aromatic N) is 1. The number of pyridine rings is 1. The summed E-state index contributed by atoms with van der Waals surface area (Å²) in [5, 5.41) is 3.46. The largest absolute Gasteiger partial charge is 0.379 e. The van der Waals surface area contributed by atoms with Gasteiger partial charge in [-0.15, -0.1) is 0 Å². The standard InChI is InChI=1S/C9H10BrClN2O2S/c10-6-3-8(9(11)12-4-6)13-7-1-2-16(14,15)5-7/h3-4,7,13H,1-2,5H2. The first-order valence-electron chi connectivity index (χ1n) is 4.74. The molecule has 1 aromatic heterocycles. The Morgan fingerprint density at radius 2 is 2.31 bits per heavy atom. The van der Waals surface area contributed by atoms with Crippen molar-refractivity contribution in [2.75, 3.05) is 16.8 Å². The highest BCUT2D eigenvalue weighted by atomic mass is 79.9. The molecule has 2 rings (SSSR count). The van der Waals surface area contributed by atoms with Gasteiger partial charge in [0.15, 0.2) is 15.0 Å². The third-order valence-electron chi connectivity index (χ3n) is 2.40. The maximum Gasteiger partial charge on any atom is 0.152 e. The summed E-state index contributed by atoms with van der Waals surface area (Å²) < 4.78 is 23.4. The van der Waals surface area contributed by atoms with E-state index in [4.69, 9.17) is 11.6 Å². The summed E-state index contributed by atoms with van der Waals surface area (Å²) in [7, 11) is -2.88. The molecule has 0 saturated carbocycles. The van der Waals surface area contributed by atoms with Crippen LogP contribution in [0.3, 0.4) is 0 Å². The zero-order chi connectivity index (χ0) is 11.8. The monoisotopic (exact) mass is 324 g/mol. The van der Waals surface area contributed by atoms with Crippen LogP contribution >= 0.6 is 27.5 Å². The third kappa shape index (κ3) is 2.87. The lowest BCUT2D eigenvalue weighted by Gasteiger charge is -2.13. The van der Waals surface area contributed by atoms with Gasteiger partial charge >= 0.3 is 0 Å². The summed E-state index contributed by atoms with van der Waals surface area (Å²) in [6, 6.07) is 1.72. The lowest BCUT2D eigenvalue weighted by atomic mass is 10.2. The second kappa shape index (κ2) is 4.50. The molecule has 0 aliphatic carbocycles. The van der Waals surface area contributed by atoms with E-state index in [1.165, 1.54) is 0 Å². The molecule has 7 heteroatoms. The van der Waals surface area contributed by atoms with Crippen LogP contribution in [0.5, 0.6) is 0 Å². The van der Waals surface area contributed by atoms with Gasteiger partial charge in [-0.1, -0.05) is 11.6 Å². The van der Waals surface area contributed by atoms with Crippen molar-refractivity contribution < 1.29 is 8.42 Å². The van der Waals surface area contributed by atoms with E-state index in [1.54, 1.807) is 12.3 Å². The van der Waals surface area contributed by atoms with Crippen molar-refractivity contribution in [3.05, 3.63) is 21.9 Å². The molecule has 88 valence electrons. The fraction of sp³-hybridized carbons (Fsp3) is 0.444. The van der Waals surface area contributed by atoms with Crippen LogP contribution in [0.4, 0.5) is 5.69 Å². The predicted molar refractivity (Wildman–Crippen MR) is 67.6 cm³/mol. The normalized spacial score (nSPS) is 23.2. The van der Waals surface area contributed by atoms with Gasteiger partial charge in [-0.05, 0) is 28.4 Å². The fourth-order valence-electron chi connectivity index (χ4n) is 1.65. The van der Waals surface area contributed by atoms with E-state index in [0.29, 0.717) is 17.3 Å². The SMILES string of the molecule is O=S1(=O)CCC(Nc2cc(Br)cnc2Cl)C1. The van der Waals surface area contributed by atoms with Gasteiger partial charge in [0.2, 0.25) is 0 Å². The molecule has 1 fully saturated rings. The van der Waals surface area contributed by atoms with E-state index >= 15 is 0 Å². The Labute approximate surface area is 107 Å². The zero-order valence-corrected chi connectivity index (χ0v) is 11.4. The average molecular weight is 326 g/mol. The highest BCUT2D eigenvalue weighted by Gasteiger charge is 2.28. The van der Waals surface area contributed by atoms with Gasteiger partial charge in [-0.3, -0.25) is 0 Å². The Morgan fingerprint density at radius 1 is 1.56 bits per heavy atom. The predicted octanol–water partition coefficient (Wildman–Crippen LogP) is 2.10. The van der Waals surface area contributed by atoms with Crippen molar-refractivity contribution in [3.8, 4) is 0 Å². The molecule has 1 aliphatic rings. The molecule has 0 spiro atoms. The number of anilines is 1. The molecule has 0 bridgehead atoms. The van der Waals surface area contributed by atoms with Gasteiger partial charge in [0.1, 0.15) is 0 Å². The van der Waals surface area contributed by atoms with Crippen molar-refractivity contribution in [1.82, 2.24) is 4.98 Å². The van der Waals surface area contributed by atoms with Gasteiger partial charge < -0.3 is 5.32 Å². The van der Waals surface area contributed by atoms with Gasteiger partial charge in [-0.2, -0.15) is 0 Å². The van der Waals surface area contributed by atoms with E-state index in [0.717, 1.165) is 4.47 Å². The average Bonchev–Trinajstić information content (AvgIpc) is 2.52. The smallest absolute Gasteiger partial charge is 0.152 e.